The predicted molar refractivity (Wildman–Crippen MR) is 171 cm³/mol. The topological polar surface area (TPSA) is 129 Å². The molecule has 1 unspecified atom stereocenters. The number of ether oxygens (including phenoxy) is 2. The molecule has 5 rings (SSSR count). The lowest BCUT2D eigenvalue weighted by Crippen LogP contribution is -2.63. The Morgan fingerprint density at radius 1 is 1.02 bits per heavy atom. The molecule has 2 saturated heterocycles. The largest absolute Gasteiger partial charge is 0.465 e. The molecular weight excluding hydrogens is 572 g/mol. The molecule has 0 radical (unpaired) electrons. The van der Waals surface area contributed by atoms with Gasteiger partial charge in [0.1, 0.15) is 6.04 Å². The van der Waals surface area contributed by atoms with E-state index in [2.05, 4.69) is 16.0 Å². The first-order valence-electron chi connectivity index (χ1n) is 15.5. The van der Waals surface area contributed by atoms with E-state index in [1.165, 1.54) is 12.0 Å². The lowest BCUT2D eigenvalue weighted by molar-refractivity contribution is -0.118. The Balaban J connectivity index is 1.28. The Morgan fingerprint density at radius 2 is 1.67 bits per heavy atom. The molecular formula is C35H42N4O6. The number of methoxy groups -OCH3 is 1. The molecule has 0 aromatic heterocycles. The SMILES string of the molecule is COC(=O)N[C@H](C(=O)Nc1ccccc1CC[C@@H]1CN[C@@H](C2(C)CCCN2C(=O)O)CO1)C(c1ccccc1)c1ccccc1. The molecule has 0 aliphatic carbocycles. The molecule has 45 heavy (non-hydrogen) atoms. The average Bonchev–Trinajstić information content (AvgIpc) is 3.48. The van der Waals surface area contributed by atoms with Gasteiger partial charge in [0.05, 0.1) is 31.4 Å². The van der Waals surface area contributed by atoms with Crippen molar-refractivity contribution in [2.45, 2.75) is 62.3 Å². The quantitative estimate of drug-likeness (QED) is 0.253. The standard InChI is InChI=1S/C35H42N4O6/c1-35(20-11-21-39(35)34(42)43)29-23-45-27(22-36-29)19-18-24-12-9-10-17-28(24)37-32(40)31(38-33(41)44-2)30(25-13-5-3-6-14-25)26-15-7-4-8-16-26/h3-10,12-17,27,29-31,36H,11,18-23H2,1-2H3,(H,37,40)(H,38,41)(H,42,43)/t27-,29-,31+,35?/m1/s1. The van der Waals surface area contributed by atoms with Gasteiger partial charge in [-0.15, -0.1) is 0 Å². The van der Waals surface area contributed by atoms with Crippen molar-refractivity contribution < 1.29 is 29.0 Å². The van der Waals surface area contributed by atoms with Crippen molar-refractivity contribution in [3.63, 3.8) is 0 Å². The third-order valence-electron chi connectivity index (χ3n) is 9.16. The number of anilines is 1. The van der Waals surface area contributed by atoms with Crippen molar-refractivity contribution in [3.8, 4) is 0 Å². The molecule has 2 aliphatic heterocycles. The number of carboxylic acid groups (broad SMARTS) is 1. The van der Waals surface area contributed by atoms with Crippen molar-refractivity contribution in [1.82, 2.24) is 15.5 Å². The molecule has 3 aromatic carbocycles. The molecule has 10 nitrogen and oxygen atoms in total. The number of para-hydroxylation sites is 1. The molecule has 4 atom stereocenters. The van der Waals surface area contributed by atoms with Crippen molar-refractivity contribution in [2.24, 2.45) is 0 Å². The first kappa shape index (κ1) is 32.0. The lowest BCUT2D eigenvalue weighted by Gasteiger charge is -2.44. The van der Waals surface area contributed by atoms with Crippen LogP contribution in [0.2, 0.25) is 0 Å². The monoisotopic (exact) mass is 614 g/mol. The van der Waals surface area contributed by atoms with E-state index < -0.39 is 29.7 Å². The summed E-state index contributed by atoms with van der Waals surface area (Å²) in [6, 6.07) is 25.9. The number of carbonyl (C=O) groups excluding carboxylic acids is 2. The number of rotatable bonds is 10. The average molecular weight is 615 g/mol. The predicted octanol–water partition coefficient (Wildman–Crippen LogP) is 5.00. The molecule has 0 spiro atoms. The second kappa shape index (κ2) is 14.6. The van der Waals surface area contributed by atoms with Crippen LogP contribution in [0.5, 0.6) is 0 Å². The number of morpholine rings is 1. The summed E-state index contributed by atoms with van der Waals surface area (Å²) in [7, 11) is 1.28. The maximum Gasteiger partial charge on any atom is 0.407 e. The Bertz CT molecular complexity index is 1410. The highest BCUT2D eigenvalue weighted by Crippen LogP contribution is 2.34. The van der Waals surface area contributed by atoms with E-state index in [9.17, 15) is 19.5 Å². The van der Waals surface area contributed by atoms with E-state index in [-0.39, 0.29) is 18.1 Å². The number of amides is 3. The maximum atomic E-state index is 14.0. The van der Waals surface area contributed by atoms with Crippen LogP contribution in [0.4, 0.5) is 15.3 Å². The fourth-order valence-corrected chi connectivity index (χ4v) is 6.64. The van der Waals surface area contributed by atoms with Gasteiger partial charge in [-0.2, -0.15) is 0 Å². The minimum absolute atomic E-state index is 0.0532. The zero-order chi connectivity index (χ0) is 31.8. The summed E-state index contributed by atoms with van der Waals surface area (Å²) in [5, 5.41) is 19.1. The first-order valence-corrected chi connectivity index (χ1v) is 15.5. The number of hydrogen-bond donors (Lipinski definition) is 4. The number of aryl methyl sites for hydroxylation is 1. The van der Waals surface area contributed by atoms with Gasteiger partial charge in [-0.3, -0.25) is 4.79 Å². The summed E-state index contributed by atoms with van der Waals surface area (Å²) in [6.07, 6.45) is 1.38. The molecule has 4 N–H and O–H groups in total. The van der Waals surface area contributed by atoms with E-state index in [1.54, 1.807) is 0 Å². The summed E-state index contributed by atoms with van der Waals surface area (Å²) in [6.45, 7) is 3.59. The second-order valence-electron chi connectivity index (χ2n) is 11.9. The number of nitrogens with one attached hydrogen (secondary N) is 3. The fraction of sp³-hybridized carbons (Fsp3) is 0.400. The minimum Gasteiger partial charge on any atom is -0.465 e. The van der Waals surface area contributed by atoms with Crippen molar-refractivity contribution in [3.05, 3.63) is 102 Å². The van der Waals surface area contributed by atoms with Gasteiger partial charge < -0.3 is 35.4 Å². The van der Waals surface area contributed by atoms with Crippen LogP contribution in [-0.4, -0.2) is 78.6 Å². The van der Waals surface area contributed by atoms with Crippen LogP contribution in [0, 0.1) is 0 Å². The maximum absolute atomic E-state index is 14.0. The summed E-state index contributed by atoms with van der Waals surface area (Å²) in [5.74, 6) is -0.830. The highest BCUT2D eigenvalue weighted by atomic mass is 16.5. The van der Waals surface area contributed by atoms with Gasteiger partial charge in [-0.1, -0.05) is 78.9 Å². The molecule has 3 aromatic rings. The van der Waals surface area contributed by atoms with Gasteiger partial charge in [0.15, 0.2) is 0 Å². The van der Waals surface area contributed by atoms with E-state index in [0.717, 1.165) is 29.5 Å². The van der Waals surface area contributed by atoms with E-state index in [0.29, 0.717) is 38.2 Å². The van der Waals surface area contributed by atoms with Crippen molar-refractivity contribution >= 4 is 23.8 Å². The zero-order valence-corrected chi connectivity index (χ0v) is 25.8. The Morgan fingerprint density at radius 3 is 2.27 bits per heavy atom. The van der Waals surface area contributed by atoms with Crippen molar-refractivity contribution in [1.29, 1.82) is 0 Å². The molecule has 2 fully saturated rings. The zero-order valence-electron chi connectivity index (χ0n) is 25.8. The van der Waals surface area contributed by atoms with Gasteiger partial charge in [0.25, 0.3) is 0 Å². The number of alkyl carbamates (subject to hydrolysis) is 1. The summed E-state index contributed by atoms with van der Waals surface area (Å²) in [4.78, 5) is 39.8. The smallest absolute Gasteiger partial charge is 0.407 e. The Labute approximate surface area is 264 Å². The number of likely N-dealkylation sites (tertiary alicyclic amines) is 1. The van der Waals surface area contributed by atoms with Crippen LogP contribution in [0.1, 0.15) is 48.8 Å². The fourth-order valence-electron chi connectivity index (χ4n) is 6.64. The van der Waals surface area contributed by atoms with Crippen LogP contribution >= 0.6 is 0 Å². The van der Waals surface area contributed by atoms with Crippen LogP contribution in [0.15, 0.2) is 84.9 Å². The molecule has 238 valence electrons. The third kappa shape index (κ3) is 7.46. The summed E-state index contributed by atoms with van der Waals surface area (Å²) in [5.41, 5.74) is 2.89. The van der Waals surface area contributed by atoms with Gasteiger partial charge in [0, 0.05) is 24.7 Å². The van der Waals surface area contributed by atoms with E-state index in [4.69, 9.17) is 9.47 Å². The van der Waals surface area contributed by atoms with Gasteiger partial charge in [-0.05, 0) is 55.4 Å². The normalized spacial score (nSPS) is 22.1. The number of nitrogens with zero attached hydrogens (tertiary/aromatic N) is 1. The van der Waals surface area contributed by atoms with Gasteiger partial charge >= 0.3 is 12.2 Å². The van der Waals surface area contributed by atoms with Crippen LogP contribution in [-0.2, 0) is 20.7 Å². The molecule has 0 bridgehead atoms. The molecule has 10 heteroatoms. The van der Waals surface area contributed by atoms with E-state index in [1.807, 2.05) is 91.9 Å². The highest BCUT2D eigenvalue weighted by molar-refractivity contribution is 5.98. The molecule has 3 amide bonds. The van der Waals surface area contributed by atoms with Gasteiger partial charge in [-0.25, -0.2) is 9.59 Å². The number of hydrogen-bond acceptors (Lipinski definition) is 6. The Hall–Kier alpha value is -4.41. The highest BCUT2D eigenvalue weighted by Gasteiger charge is 2.47. The number of benzene rings is 3. The minimum atomic E-state index is -0.958. The van der Waals surface area contributed by atoms with Crippen molar-refractivity contribution in [2.75, 3.05) is 32.1 Å². The van der Waals surface area contributed by atoms with Crippen LogP contribution in [0.25, 0.3) is 0 Å². The third-order valence-corrected chi connectivity index (χ3v) is 9.16. The first-order chi connectivity index (χ1) is 21.8. The summed E-state index contributed by atoms with van der Waals surface area (Å²) < 4.78 is 11.1. The number of carbonyl (C=O) groups is 3. The second-order valence-corrected chi connectivity index (χ2v) is 11.9. The van der Waals surface area contributed by atoms with E-state index >= 15 is 0 Å². The Kier molecular flexibility index (Phi) is 10.4. The molecule has 2 heterocycles. The molecule has 0 saturated carbocycles. The van der Waals surface area contributed by atoms with Gasteiger partial charge in [0.2, 0.25) is 5.91 Å². The molecule has 2 aliphatic rings. The lowest BCUT2D eigenvalue weighted by atomic mass is 9.84. The van der Waals surface area contributed by atoms with Crippen LogP contribution in [0.3, 0.4) is 0 Å². The van der Waals surface area contributed by atoms with Crippen LogP contribution < -0.4 is 16.0 Å². The summed E-state index contributed by atoms with van der Waals surface area (Å²) >= 11 is 0.